The zero-order valence-corrected chi connectivity index (χ0v) is 13.2. The first kappa shape index (κ1) is 15.3. The average molecular weight is 268 g/mol. The summed E-state index contributed by atoms with van der Waals surface area (Å²) in [4.78, 5) is 2.69. The smallest absolute Gasteiger partial charge is 0.0578 e. The van der Waals surface area contributed by atoms with Crippen molar-refractivity contribution in [1.29, 1.82) is 0 Å². The summed E-state index contributed by atoms with van der Waals surface area (Å²) in [5, 5.41) is 3.51. The summed E-state index contributed by atoms with van der Waals surface area (Å²) in [6, 6.07) is 0. The first-order chi connectivity index (χ1) is 8.97. The van der Waals surface area contributed by atoms with Crippen molar-refractivity contribution in [1.82, 2.24) is 10.2 Å². The molecule has 1 saturated carbocycles. The number of nitrogens with zero attached hydrogens (tertiary/aromatic N) is 1. The van der Waals surface area contributed by atoms with E-state index in [0.29, 0.717) is 17.7 Å². The van der Waals surface area contributed by atoms with Crippen LogP contribution in [0.25, 0.3) is 0 Å². The van der Waals surface area contributed by atoms with E-state index < -0.39 is 0 Å². The van der Waals surface area contributed by atoms with Gasteiger partial charge in [-0.05, 0) is 59.3 Å². The molecule has 2 fully saturated rings. The number of hydrogen-bond donors (Lipinski definition) is 1. The van der Waals surface area contributed by atoms with E-state index in [2.05, 4.69) is 37.9 Å². The van der Waals surface area contributed by atoms with Crippen LogP contribution in [0.5, 0.6) is 0 Å². The molecule has 3 nitrogen and oxygen atoms in total. The van der Waals surface area contributed by atoms with Crippen LogP contribution in [0.3, 0.4) is 0 Å². The molecule has 0 unspecified atom stereocenters. The van der Waals surface area contributed by atoms with Crippen LogP contribution >= 0.6 is 0 Å². The van der Waals surface area contributed by atoms with Gasteiger partial charge in [-0.2, -0.15) is 0 Å². The first-order valence-electron chi connectivity index (χ1n) is 8.08. The Balaban J connectivity index is 1.76. The molecular weight excluding hydrogens is 236 g/mol. The average Bonchev–Trinajstić information content (AvgIpc) is 2.33. The highest BCUT2D eigenvalue weighted by molar-refractivity contribution is 4.90. The van der Waals surface area contributed by atoms with Crippen LogP contribution < -0.4 is 5.32 Å². The van der Waals surface area contributed by atoms with Crippen LogP contribution in [0, 0.1) is 5.92 Å². The molecule has 19 heavy (non-hydrogen) atoms. The van der Waals surface area contributed by atoms with Crippen molar-refractivity contribution in [2.24, 2.45) is 5.92 Å². The Bertz CT molecular complexity index is 270. The minimum atomic E-state index is 0.323. The van der Waals surface area contributed by atoms with Gasteiger partial charge in [-0.15, -0.1) is 0 Å². The van der Waals surface area contributed by atoms with Gasteiger partial charge in [0.1, 0.15) is 0 Å². The minimum Gasteiger partial charge on any atom is -0.376 e. The van der Waals surface area contributed by atoms with Crippen molar-refractivity contribution in [2.45, 2.75) is 71.1 Å². The summed E-state index contributed by atoms with van der Waals surface area (Å²) in [6.45, 7) is 13.8. The highest BCUT2D eigenvalue weighted by Crippen LogP contribution is 2.29. The predicted octanol–water partition coefficient (Wildman–Crippen LogP) is 2.65. The van der Waals surface area contributed by atoms with Crippen molar-refractivity contribution in [3.8, 4) is 0 Å². The van der Waals surface area contributed by atoms with Crippen LogP contribution in [0.1, 0.15) is 53.4 Å². The topological polar surface area (TPSA) is 24.5 Å². The maximum Gasteiger partial charge on any atom is 0.0578 e. The molecule has 2 aliphatic rings. The summed E-state index contributed by atoms with van der Waals surface area (Å²) < 4.78 is 5.95. The van der Waals surface area contributed by atoms with Gasteiger partial charge in [0, 0.05) is 31.7 Å². The number of piperazine rings is 1. The molecule has 112 valence electrons. The first-order valence-corrected chi connectivity index (χ1v) is 8.08. The molecule has 1 N–H and O–H groups in total. The van der Waals surface area contributed by atoms with Crippen LogP contribution in [-0.4, -0.2) is 48.8 Å². The fourth-order valence-electron chi connectivity index (χ4n) is 3.51. The van der Waals surface area contributed by atoms with E-state index in [0.717, 1.165) is 19.0 Å². The van der Waals surface area contributed by atoms with E-state index >= 15 is 0 Å². The maximum absolute atomic E-state index is 5.95. The zero-order chi connectivity index (χ0) is 13.9. The van der Waals surface area contributed by atoms with Gasteiger partial charge in [0.15, 0.2) is 0 Å². The van der Waals surface area contributed by atoms with E-state index in [1.807, 2.05) is 0 Å². The Morgan fingerprint density at radius 2 is 1.89 bits per heavy atom. The van der Waals surface area contributed by atoms with E-state index in [1.54, 1.807) is 0 Å². The highest BCUT2D eigenvalue weighted by atomic mass is 16.5. The number of hydrogen-bond acceptors (Lipinski definition) is 3. The third kappa shape index (κ3) is 4.44. The molecule has 0 atom stereocenters. The second-order valence-electron chi connectivity index (χ2n) is 7.26. The summed E-state index contributed by atoms with van der Waals surface area (Å²) in [6.07, 6.45) is 6.11. The summed E-state index contributed by atoms with van der Waals surface area (Å²) >= 11 is 0. The summed E-state index contributed by atoms with van der Waals surface area (Å²) in [5.74, 6) is 0.879. The lowest BCUT2D eigenvalue weighted by Crippen LogP contribution is -2.59. The van der Waals surface area contributed by atoms with Crippen LogP contribution in [0.15, 0.2) is 0 Å². The fraction of sp³-hybridized carbons (Fsp3) is 1.00. The van der Waals surface area contributed by atoms with Gasteiger partial charge in [0.2, 0.25) is 0 Å². The Morgan fingerprint density at radius 1 is 1.21 bits per heavy atom. The van der Waals surface area contributed by atoms with Crippen LogP contribution in [0.4, 0.5) is 0 Å². The van der Waals surface area contributed by atoms with Gasteiger partial charge >= 0.3 is 0 Å². The Labute approximate surface area is 119 Å². The molecule has 1 aliphatic heterocycles. The largest absolute Gasteiger partial charge is 0.376 e. The highest BCUT2D eigenvalue weighted by Gasteiger charge is 2.32. The Hall–Kier alpha value is -0.120. The van der Waals surface area contributed by atoms with Crippen molar-refractivity contribution in [3.63, 3.8) is 0 Å². The molecule has 1 heterocycles. The van der Waals surface area contributed by atoms with Gasteiger partial charge in [0.25, 0.3) is 0 Å². The molecule has 0 spiro atoms. The quantitative estimate of drug-likeness (QED) is 0.848. The summed E-state index contributed by atoms with van der Waals surface area (Å²) in [5.41, 5.74) is 0.323. The molecule has 1 aliphatic carbocycles. The van der Waals surface area contributed by atoms with Gasteiger partial charge in [-0.1, -0.05) is 0 Å². The predicted molar refractivity (Wildman–Crippen MR) is 80.5 cm³/mol. The van der Waals surface area contributed by atoms with E-state index in [4.69, 9.17) is 4.74 Å². The monoisotopic (exact) mass is 268 g/mol. The lowest BCUT2D eigenvalue weighted by molar-refractivity contribution is -0.0264. The maximum atomic E-state index is 5.95. The van der Waals surface area contributed by atoms with Crippen LogP contribution in [0.2, 0.25) is 0 Å². The number of ether oxygens (including phenoxy) is 1. The number of rotatable bonds is 4. The fourth-order valence-corrected chi connectivity index (χ4v) is 3.51. The normalized spacial score (nSPS) is 32.7. The molecule has 2 rings (SSSR count). The Morgan fingerprint density at radius 3 is 2.47 bits per heavy atom. The Kier molecular flexibility index (Phi) is 5.27. The summed E-state index contributed by atoms with van der Waals surface area (Å²) in [7, 11) is 0. The van der Waals surface area contributed by atoms with Gasteiger partial charge in [-0.3, -0.25) is 4.90 Å². The zero-order valence-electron chi connectivity index (χ0n) is 13.2. The lowest BCUT2D eigenvalue weighted by atomic mass is 9.85. The van der Waals surface area contributed by atoms with Gasteiger partial charge in [-0.25, -0.2) is 0 Å². The van der Waals surface area contributed by atoms with Crippen molar-refractivity contribution >= 4 is 0 Å². The van der Waals surface area contributed by atoms with Gasteiger partial charge in [0.05, 0.1) is 12.2 Å². The van der Waals surface area contributed by atoms with E-state index in [1.165, 1.54) is 38.8 Å². The molecule has 0 bridgehead atoms. The third-order valence-electron chi connectivity index (χ3n) is 4.71. The second-order valence-corrected chi connectivity index (χ2v) is 7.26. The molecule has 0 amide bonds. The number of nitrogens with one attached hydrogen (secondary N) is 1. The lowest BCUT2D eigenvalue weighted by Gasteiger charge is -2.45. The molecule has 1 saturated heterocycles. The second kappa shape index (κ2) is 6.55. The van der Waals surface area contributed by atoms with Gasteiger partial charge < -0.3 is 10.1 Å². The van der Waals surface area contributed by atoms with E-state index in [-0.39, 0.29) is 0 Å². The molecule has 3 heteroatoms. The standard InChI is InChI=1S/C16H32N2O/c1-13(2)19-15-7-5-14(6-8-15)11-18-10-9-17-12-16(18,3)4/h13-15,17H,5-12H2,1-4H3. The van der Waals surface area contributed by atoms with Crippen LogP contribution in [-0.2, 0) is 4.74 Å². The molecular formula is C16H32N2O. The molecule has 0 aromatic carbocycles. The van der Waals surface area contributed by atoms with E-state index in [9.17, 15) is 0 Å². The van der Waals surface area contributed by atoms with Crippen molar-refractivity contribution in [2.75, 3.05) is 26.2 Å². The minimum absolute atomic E-state index is 0.323. The molecule has 0 aromatic rings. The third-order valence-corrected chi connectivity index (χ3v) is 4.71. The van der Waals surface area contributed by atoms with Crippen molar-refractivity contribution < 1.29 is 4.74 Å². The SMILES string of the molecule is CC(C)OC1CCC(CN2CCNCC2(C)C)CC1. The molecule has 0 aromatic heterocycles. The molecule has 0 radical (unpaired) electrons. The van der Waals surface area contributed by atoms with Crippen molar-refractivity contribution in [3.05, 3.63) is 0 Å².